The Kier molecular flexibility index (Phi) is 1.85. The van der Waals surface area contributed by atoms with Gasteiger partial charge >= 0.3 is 0 Å². The van der Waals surface area contributed by atoms with Crippen LogP contribution < -0.4 is 4.74 Å². The zero-order chi connectivity index (χ0) is 11.3. The first kappa shape index (κ1) is 9.76. The van der Waals surface area contributed by atoms with Crippen molar-refractivity contribution in [2.45, 2.75) is 27.3 Å². The SMILES string of the molecule is Cc1cn2c3c(cccc13)OCC(C)(C)C2. The Bertz CT molecular complexity index is 551. The first-order valence-electron chi connectivity index (χ1n) is 5.78. The highest BCUT2D eigenvalue weighted by molar-refractivity contribution is 5.89. The highest BCUT2D eigenvalue weighted by atomic mass is 16.5. The van der Waals surface area contributed by atoms with E-state index in [9.17, 15) is 0 Å². The van der Waals surface area contributed by atoms with Crippen molar-refractivity contribution in [1.29, 1.82) is 0 Å². The maximum Gasteiger partial charge on any atom is 0.143 e. The molecule has 0 radical (unpaired) electrons. The van der Waals surface area contributed by atoms with E-state index in [0.717, 1.165) is 18.9 Å². The Hall–Kier alpha value is -1.44. The van der Waals surface area contributed by atoms with Gasteiger partial charge in [-0.25, -0.2) is 0 Å². The molecule has 2 nitrogen and oxygen atoms in total. The summed E-state index contributed by atoms with van der Waals surface area (Å²) in [4.78, 5) is 0. The lowest BCUT2D eigenvalue weighted by atomic mass is 9.95. The van der Waals surface area contributed by atoms with Crippen LogP contribution in [0.2, 0.25) is 0 Å². The Morgan fingerprint density at radius 2 is 2.12 bits per heavy atom. The number of aromatic nitrogens is 1. The lowest BCUT2D eigenvalue weighted by Crippen LogP contribution is -2.24. The molecule has 3 rings (SSSR count). The monoisotopic (exact) mass is 215 g/mol. The van der Waals surface area contributed by atoms with Gasteiger partial charge in [-0.05, 0) is 18.6 Å². The number of benzene rings is 1. The van der Waals surface area contributed by atoms with Gasteiger partial charge in [-0.1, -0.05) is 26.0 Å². The molecule has 0 atom stereocenters. The number of nitrogens with zero attached hydrogens (tertiary/aromatic N) is 1. The molecule has 2 heterocycles. The number of rotatable bonds is 0. The molecule has 0 aliphatic carbocycles. The molecule has 0 amide bonds. The lowest BCUT2D eigenvalue weighted by molar-refractivity contribution is 0.172. The summed E-state index contributed by atoms with van der Waals surface area (Å²) >= 11 is 0. The number of ether oxygens (including phenoxy) is 1. The van der Waals surface area contributed by atoms with Gasteiger partial charge < -0.3 is 9.30 Å². The molecule has 0 saturated heterocycles. The summed E-state index contributed by atoms with van der Waals surface area (Å²) in [5, 5.41) is 1.32. The molecule has 0 spiro atoms. The third kappa shape index (κ3) is 1.33. The Morgan fingerprint density at radius 1 is 1.31 bits per heavy atom. The highest BCUT2D eigenvalue weighted by Gasteiger charge is 2.25. The summed E-state index contributed by atoms with van der Waals surface area (Å²) in [6.07, 6.45) is 2.24. The summed E-state index contributed by atoms with van der Waals surface area (Å²) in [6, 6.07) is 6.32. The van der Waals surface area contributed by atoms with Crippen LogP contribution in [0.15, 0.2) is 24.4 Å². The van der Waals surface area contributed by atoms with Crippen molar-refractivity contribution in [3.63, 3.8) is 0 Å². The van der Waals surface area contributed by atoms with Crippen LogP contribution in [-0.2, 0) is 6.54 Å². The van der Waals surface area contributed by atoms with Crippen molar-refractivity contribution in [2.75, 3.05) is 6.61 Å². The number of para-hydroxylation sites is 1. The second-order valence-electron chi connectivity index (χ2n) is 5.55. The number of hydrogen-bond acceptors (Lipinski definition) is 1. The summed E-state index contributed by atoms with van der Waals surface area (Å²) in [5.41, 5.74) is 2.78. The van der Waals surface area contributed by atoms with Gasteiger partial charge in [0.25, 0.3) is 0 Å². The largest absolute Gasteiger partial charge is 0.491 e. The summed E-state index contributed by atoms with van der Waals surface area (Å²) in [7, 11) is 0. The first-order valence-corrected chi connectivity index (χ1v) is 5.78. The zero-order valence-corrected chi connectivity index (χ0v) is 10.1. The van der Waals surface area contributed by atoms with Crippen molar-refractivity contribution < 1.29 is 4.74 Å². The van der Waals surface area contributed by atoms with Gasteiger partial charge in [-0.2, -0.15) is 0 Å². The van der Waals surface area contributed by atoms with E-state index >= 15 is 0 Å². The predicted octanol–water partition coefficient (Wildman–Crippen LogP) is 3.37. The van der Waals surface area contributed by atoms with E-state index in [1.165, 1.54) is 16.5 Å². The standard InChI is InChI=1S/C14H17NO/c1-10-7-15-8-14(2,3)9-16-12-6-4-5-11(10)13(12)15/h4-7H,8-9H2,1-3H3. The van der Waals surface area contributed by atoms with Crippen LogP contribution in [0.5, 0.6) is 5.75 Å². The van der Waals surface area contributed by atoms with E-state index in [1.807, 2.05) is 0 Å². The van der Waals surface area contributed by atoms with Gasteiger partial charge in [0.2, 0.25) is 0 Å². The molecule has 0 saturated carbocycles. The van der Waals surface area contributed by atoms with Crippen molar-refractivity contribution in [3.05, 3.63) is 30.0 Å². The van der Waals surface area contributed by atoms with Crippen molar-refractivity contribution in [3.8, 4) is 5.75 Å². The fraction of sp³-hybridized carbons (Fsp3) is 0.429. The molecular formula is C14H17NO. The average molecular weight is 215 g/mol. The smallest absolute Gasteiger partial charge is 0.143 e. The second-order valence-corrected chi connectivity index (χ2v) is 5.55. The Morgan fingerprint density at radius 3 is 2.94 bits per heavy atom. The molecule has 84 valence electrons. The van der Waals surface area contributed by atoms with Crippen LogP contribution in [0.1, 0.15) is 19.4 Å². The molecule has 1 aliphatic rings. The van der Waals surface area contributed by atoms with E-state index < -0.39 is 0 Å². The molecule has 16 heavy (non-hydrogen) atoms. The summed E-state index contributed by atoms with van der Waals surface area (Å²) in [6.45, 7) is 8.47. The van der Waals surface area contributed by atoms with Crippen molar-refractivity contribution >= 4 is 10.9 Å². The predicted molar refractivity (Wildman–Crippen MR) is 66.0 cm³/mol. The second kappa shape index (κ2) is 3.03. The van der Waals surface area contributed by atoms with Crippen molar-refractivity contribution in [1.82, 2.24) is 4.57 Å². The van der Waals surface area contributed by atoms with Crippen molar-refractivity contribution in [2.24, 2.45) is 5.41 Å². The maximum atomic E-state index is 5.93. The van der Waals surface area contributed by atoms with Gasteiger partial charge in [0.05, 0.1) is 12.1 Å². The molecule has 2 aromatic rings. The first-order chi connectivity index (χ1) is 7.57. The third-order valence-electron chi connectivity index (χ3n) is 3.28. The van der Waals surface area contributed by atoms with E-state index in [0.29, 0.717) is 0 Å². The molecule has 0 bridgehead atoms. The molecule has 0 unspecified atom stereocenters. The molecule has 2 heteroatoms. The molecule has 1 aromatic heterocycles. The lowest BCUT2D eigenvalue weighted by Gasteiger charge is -2.22. The normalized spacial score (nSPS) is 18.2. The van der Waals surface area contributed by atoms with Gasteiger partial charge in [-0.3, -0.25) is 0 Å². The summed E-state index contributed by atoms with van der Waals surface area (Å²) < 4.78 is 8.27. The molecule has 1 aromatic carbocycles. The minimum Gasteiger partial charge on any atom is -0.491 e. The van der Waals surface area contributed by atoms with Crippen LogP contribution >= 0.6 is 0 Å². The quantitative estimate of drug-likeness (QED) is 0.657. The topological polar surface area (TPSA) is 14.2 Å². The van der Waals surface area contributed by atoms with E-state index in [4.69, 9.17) is 4.74 Å². The number of hydrogen-bond donors (Lipinski definition) is 0. The van der Waals surface area contributed by atoms with Gasteiger partial charge in [0.1, 0.15) is 5.75 Å². The molecule has 0 fully saturated rings. The minimum absolute atomic E-state index is 0.192. The van der Waals surface area contributed by atoms with Crippen LogP contribution in [0.4, 0.5) is 0 Å². The van der Waals surface area contributed by atoms with Gasteiger partial charge in [0, 0.05) is 23.5 Å². The Labute approximate surface area is 95.8 Å². The van der Waals surface area contributed by atoms with Crippen LogP contribution in [0, 0.1) is 12.3 Å². The van der Waals surface area contributed by atoms with Crippen LogP contribution in [0.3, 0.4) is 0 Å². The maximum absolute atomic E-state index is 5.93. The van der Waals surface area contributed by atoms with Crippen LogP contribution in [0.25, 0.3) is 10.9 Å². The van der Waals surface area contributed by atoms with E-state index in [1.54, 1.807) is 0 Å². The fourth-order valence-corrected chi connectivity index (χ4v) is 2.53. The average Bonchev–Trinajstić information content (AvgIpc) is 2.45. The summed E-state index contributed by atoms with van der Waals surface area (Å²) in [5.74, 6) is 1.02. The van der Waals surface area contributed by atoms with E-state index in [2.05, 4.69) is 49.7 Å². The highest BCUT2D eigenvalue weighted by Crippen LogP contribution is 2.35. The van der Waals surface area contributed by atoms with Gasteiger partial charge in [0.15, 0.2) is 0 Å². The van der Waals surface area contributed by atoms with Crippen LogP contribution in [-0.4, -0.2) is 11.2 Å². The minimum atomic E-state index is 0.192. The molecule has 1 aliphatic heterocycles. The molecular weight excluding hydrogens is 198 g/mol. The zero-order valence-electron chi connectivity index (χ0n) is 10.1. The van der Waals surface area contributed by atoms with Gasteiger partial charge in [-0.15, -0.1) is 0 Å². The third-order valence-corrected chi connectivity index (χ3v) is 3.28. The number of aryl methyl sites for hydroxylation is 1. The molecule has 0 N–H and O–H groups in total. The van der Waals surface area contributed by atoms with E-state index in [-0.39, 0.29) is 5.41 Å². The Balaban J connectivity index is 2.31. The fourth-order valence-electron chi connectivity index (χ4n) is 2.53.